The Labute approximate surface area is 105 Å². The second-order valence-electron chi connectivity index (χ2n) is 4.39. The predicted octanol–water partition coefficient (Wildman–Crippen LogP) is -0.555. The third-order valence-electron chi connectivity index (χ3n) is 3.02. The van der Waals surface area contributed by atoms with Gasteiger partial charge in [0.2, 0.25) is 10.0 Å². The van der Waals surface area contributed by atoms with Gasteiger partial charge < -0.3 is 15.4 Å². The van der Waals surface area contributed by atoms with E-state index in [-0.39, 0.29) is 23.2 Å². The van der Waals surface area contributed by atoms with Crippen molar-refractivity contribution in [1.82, 2.24) is 8.87 Å². The van der Waals surface area contributed by atoms with Crippen molar-refractivity contribution in [3.05, 3.63) is 18.0 Å². The van der Waals surface area contributed by atoms with Crippen molar-refractivity contribution >= 4 is 16.0 Å². The Balaban J connectivity index is 2.36. The molecule has 0 aliphatic carbocycles. The first-order valence-corrected chi connectivity index (χ1v) is 6.92. The maximum absolute atomic E-state index is 12.2. The number of aromatic nitrogens is 1. The van der Waals surface area contributed by atoms with Crippen molar-refractivity contribution in [1.29, 1.82) is 0 Å². The molecule has 1 aliphatic rings. The van der Waals surface area contributed by atoms with Crippen LogP contribution in [0.3, 0.4) is 0 Å². The number of hydrogen-bond donors (Lipinski definition) is 2. The molecule has 0 aromatic carbocycles. The summed E-state index contributed by atoms with van der Waals surface area (Å²) in [7, 11) is -2.14. The molecule has 1 atom stereocenters. The van der Waals surface area contributed by atoms with Gasteiger partial charge in [0.25, 0.3) is 0 Å². The number of carboxylic acid groups (broad SMARTS) is 1. The van der Waals surface area contributed by atoms with Gasteiger partial charge in [-0.3, -0.25) is 0 Å². The molecule has 2 rings (SSSR count). The van der Waals surface area contributed by atoms with Gasteiger partial charge in [-0.25, -0.2) is 13.2 Å². The molecule has 0 bridgehead atoms. The van der Waals surface area contributed by atoms with Gasteiger partial charge in [-0.2, -0.15) is 4.31 Å². The first kappa shape index (κ1) is 13.1. The summed E-state index contributed by atoms with van der Waals surface area (Å²) in [5, 5.41) is 8.90. The Morgan fingerprint density at radius 3 is 2.67 bits per heavy atom. The summed E-state index contributed by atoms with van der Waals surface area (Å²) in [6, 6.07) is 1.02. The van der Waals surface area contributed by atoms with Gasteiger partial charge in [0, 0.05) is 32.4 Å². The van der Waals surface area contributed by atoms with E-state index in [1.807, 2.05) is 0 Å². The average Bonchev–Trinajstić information content (AvgIpc) is 2.84. The molecule has 1 saturated heterocycles. The van der Waals surface area contributed by atoms with Crippen molar-refractivity contribution < 1.29 is 18.3 Å². The zero-order chi connectivity index (χ0) is 13.5. The van der Waals surface area contributed by atoms with Crippen LogP contribution in [-0.4, -0.2) is 47.5 Å². The zero-order valence-electron chi connectivity index (χ0n) is 9.91. The fraction of sp³-hybridized carbons (Fsp3) is 0.500. The highest BCUT2D eigenvalue weighted by atomic mass is 32.2. The largest absolute Gasteiger partial charge is 0.477 e. The van der Waals surface area contributed by atoms with E-state index in [2.05, 4.69) is 0 Å². The highest BCUT2D eigenvalue weighted by molar-refractivity contribution is 7.89. The molecule has 0 saturated carbocycles. The van der Waals surface area contributed by atoms with E-state index >= 15 is 0 Å². The quantitative estimate of drug-likeness (QED) is 0.768. The lowest BCUT2D eigenvalue weighted by Gasteiger charge is -2.14. The summed E-state index contributed by atoms with van der Waals surface area (Å²) in [5.74, 6) is -1.16. The van der Waals surface area contributed by atoms with Gasteiger partial charge in [0.15, 0.2) is 0 Å². The number of rotatable bonds is 3. The molecule has 0 spiro atoms. The number of hydrogen-bond acceptors (Lipinski definition) is 4. The Morgan fingerprint density at radius 2 is 2.22 bits per heavy atom. The fourth-order valence-electron chi connectivity index (χ4n) is 2.01. The number of aryl methyl sites for hydroxylation is 1. The van der Waals surface area contributed by atoms with Gasteiger partial charge in [-0.15, -0.1) is 0 Å². The maximum atomic E-state index is 12.2. The lowest BCUT2D eigenvalue weighted by atomic mass is 10.3. The van der Waals surface area contributed by atoms with Crippen molar-refractivity contribution in [3.8, 4) is 0 Å². The number of nitrogens with two attached hydrogens (primary N) is 1. The van der Waals surface area contributed by atoms with Crippen LogP contribution < -0.4 is 5.73 Å². The van der Waals surface area contributed by atoms with E-state index in [0.717, 1.165) is 0 Å². The number of nitrogens with zero attached hydrogens (tertiary/aromatic N) is 2. The van der Waals surface area contributed by atoms with Crippen LogP contribution in [-0.2, 0) is 17.1 Å². The molecule has 8 heteroatoms. The van der Waals surface area contributed by atoms with Crippen molar-refractivity contribution in [3.63, 3.8) is 0 Å². The van der Waals surface area contributed by atoms with Crippen LogP contribution in [0, 0.1) is 0 Å². The van der Waals surface area contributed by atoms with E-state index in [1.54, 1.807) is 0 Å². The fourth-order valence-corrected chi connectivity index (χ4v) is 3.59. The Bertz CT molecular complexity index is 578. The highest BCUT2D eigenvalue weighted by Crippen LogP contribution is 2.22. The molecule has 1 fully saturated rings. The lowest BCUT2D eigenvalue weighted by Crippen LogP contribution is -2.31. The number of carbonyl (C=O) groups is 1. The molecule has 1 aromatic rings. The third kappa shape index (κ3) is 2.14. The average molecular weight is 273 g/mol. The normalized spacial score (nSPS) is 21.3. The maximum Gasteiger partial charge on any atom is 0.352 e. The second-order valence-corrected chi connectivity index (χ2v) is 6.33. The topological polar surface area (TPSA) is 106 Å². The molecule has 18 heavy (non-hydrogen) atoms. The van der Waals surface area contributed by atoms with Gasteiger partial charge in [0.1, 0.15) is 10.6 Å². The predicted molar refractivity (Wildman–Crippen MR) is 63.7 cm³/mol. The van der Waals surface area contributed by atoms with Crippen molar-refractivity contribution in [2.45, 2.75) is 17.4 Å². The zero-order valence-corrected chi connectivity index (χ0v) is 10.7. The highest BCUT2D eigenvalue weighted by Gasteiger charge is 2.32. The summed E-state index contributed by atoms with van der Waals surface area (Å²) in [6.07, 6.45) is 1.93. The van der Waals surface area contributed by atoms with Gasteiger partial charge in [-0.05, 0) is 12.5 Å². The van der Waals surface area contributed by atoms with E-state index in [1.165, 1.54) is 28.2 Å². The minimum Gasteiger partial charge on any atom is -0.477 e. The molecule has 1 unspecified atom stereocenters. The smallest absolute Gasteiger partial charge is 0.352 e. The molecule has 2 heterocycles. The summed E-state index contributed by atoms with van der Waals surface area (Å²) >= 11 is 0. The van der Waals surface area contributed by atoms with Gasteiger partial charge >= 0.3 is 5.97 Å². The van der Waals surface area contributed by atoms with Crippen molar-refractivity contribution in [2.24, 2.45) is 12.8 Å². The van der Waals surface area contributed by atoms with Crippen LogP contribution in [0.4, 0.5) is 0 Å². The molecule has 1 aliphatic heterocycles. The summed E-state index contributed by atoms with van der Waals surface area (Å²) in [5.41, 5.74) is 5.62. The van der Waals surface area contributed by atoms with Crippen LogP contribution in [0.1, 0.15) is 16.9 Å². The first-order valence-electron chi connectivity index (χ1n) is 5.48. The van der Waals surface area contributed by atoms with E-state index in [9.17, 15) is 13.2 Å². The van der Waals surface area contributed by atoms with Crippen molar-refractivity contribution in [2.75, 3.05) is 13.1 Å². The SMILES string of the molecule is Cn1cc(S(=O)(=O)N2CCC(N)C2)cc1C(=O)O. The molecule has 0 amide bonds. The number of aromatic carboxylic acids is 1. The van der Waals surface area contributed by atoms with Gasteiger partial charge in [-0.1, -0.05) is 0 Å². The van der Waals surface area contributed by atoms with Crippen LogP contribution in [0.25, 0.3) is 0 Å². The Hall–Kier alpha value is -1.38. The Kier molecular flexibility index (Phi) is 3.18. The third-order valence-corrected chi connectivity index (χ3v) is 4.85. The molecule has 3 N–H and O–H groups in total. The second kappa shape index (κ2) is 4.38. The Morgan fingerprint density at radius 1 is 1.56 bits per heavy atom. The van der Waals surface area contributed by atoms with Crippen LogP contribution in [0.2, 0.25) is 0 Å². The minimum absolute atomic E-state index is 0.00324. The van der Waals surface area contributed by atoms with Gasteiger partial charge in [0.05, 0.1) is 0 Å². The first-order chi connectivity index (χ1) is 8.32. The van der Waals surface area contributed by atoms with Crippen LogP contribution >= 0.6 is 0 Å². The summed E-state index contributed by atoms with van der Waals surface area (Å²) in [4.78, 5) is 10.9. The summed E-state index contributed by atoms with van der Waals surface area (Å²) < 4.78 is 27.0. The van der Waals surface area contributed by atoms with E-state index in [4.69, 9.17) is 10.8 Å². The van der Waals surface area contributed by atoms with Crippen LogP contribution in [0.15, 0.2) is 17.2 Å². The monoisotopic (exact) mass is 273 g/mol. The minimum atomic E-state index is -3.64. The molecule has 100 valence electrons. The van der Waals surface area contributed by atoms with E-state index in [0.29, 0.717) is 13.0 Å². The lowest BCUT2D eigenvalue weighted by molar-refractivity contribution is 0.0686. The molecule has 7 nitrogen and oxygen atoms in total. The number of sulfonamides is 1. The van der Waals surface area contributed by atoms with Crippen LogP contribution in [0.5, 0.6) is 0 Å². The molecule has 0 radical (unpaired) electrons. The number of carboxylic acids is 1. The molecular weight excluding hydrogens is 258 g/mol. The van der Waals surface area contributed by atoms with E-state index < -0.39 is 16.0 Å². The molecular formula is C10H15N3O4S. The standard InChI is InChI=1S/C10H15N3O4S/c1-12-6-8(4-9(12)10(14)15)18(16,17)13-3-2-7(11)5-13/h4,6-7H,2-3,5,11H2,1H3,(H,14,15). The summed E-state index contributed by atoms with van der Waals surface area (Å²) in [6.45, 7) is 0.653. The molecule has 1 aromatic heterocycles.